The van der Waals surface area contributed by atoms with Gasteiger partial charge in [0.1, 0.15) is 11.9 Å². The topological polar surface area (TPSA) is 64.4 Å². The van der Waals surface area contributed by atoms with Crippen molar-refractivity contribution in [2.24, 2.45) is 0 Å². The smallest absolute Gasteiger partial charge is 0.273 e. The van der Waals surface area contributed by atoms with Crippen molar-refractivity contribution in [3.05, 3.63) is 33.3 Å². The molecule has 0 unspecified atom stereocenters. The van der Waals surface area contributed by atoms with Crippen LogP contribution in [-0.4, -0.2) is 24.1 Å². The monoisotopic (exact) mass is 256 g/mol. The van der Waals surface area contributed by atoms with Crippen LogP contribution in [0.2, 0.25) is 5.02 Å². The van der Waals surface area contributed by atoms with Crippen LogP contribution in [0, 0.1) is 10.1 Å². The van der Waals surface area contributed by atoms with Crippen LogP contribution in [0.5, 0.6) is 5.75 Å². The molecule has 2 rings (SSSR count). The van der Waals surface area contributed by atoms with Crippen LogP contribution in [0.15, 0.2) is 18.2 Å². The SMILES string of the molecule is O=[N+]([O-])c1ccc(Cl)c(OC2CCNCC2)c1. The largest absolute Gasteiger partial charge is 0.489 e. The molecule has 1 aromatic rings. The molecule has 1 aliphatic rings. The number of nitro benzene ring substituents is 1. The first-order valence-electron chi connectivity index (χ1n) is 5.48. The second-order valence-corrected chi connectivity index (χ2v) is 4.35. The molecule has 0 radical (unpaired) electrons. The van der Waals surface area contributed by atoms with Crippen molar-refractivity contribution in [2.75, 3.05) is 13.1 Å². The van der Waals surface area contributed by atoms with Gasteiger partial charge in [0.15, 0.2) is 0 Å². The summed E-state index contributed by atoms with van der Waals surface area (Å²) in [5.74, 6) is 0.396. The van der Waals surface area contributed by atoms with Crippen molar-refractivity contribution in [1.29, 1.82) is 0 Å². The molecule has 1 aliphatic heterocycles. The van der Waals surface area contributed by atoms with Crippen molar-refractivity contribution in [2.45, 2.75) is 18.9 Å². The molecule has 0 spiro atoms. The van der Waals surface area contributed by atoms with Gasteiger partial charge < -0.3 is 10.1 Å². The summed E-state index contributed by atoms with van der Waals surface area (Å²) in [7, 11) is 0. The van der Waals surface area contributed by atoms with Gasteiger partial charge in [-0.3, -0.25) is 10.1 Å². The lowest BCUT2D eigenvalue weighted by molar-refractivity contribution is -0.384. The second-order valence-electron chi connectivity index (χ2n) is 3.94. The van der Waals surface area contributed by atoms with Crippen LogP contribution in [0.25, 0.3) is 0 Å². The third-order valence-corrected chi connectivity index (χ3v) is 3.02. The summed E-state index contributed by atoms with van der Waals surface area (Å²) in [5, 5.41) is 14.3. The third-order valence-electron chi connectivity index (χ3n) is 2.71. The Bertz CT molecular complexity index is 419. The molecule has 17 heavy (non-hydrogen) atoms. The van der Waals surface area contributed by atoms with E-state index in [1.165, 1.54) is 18.2 Å². The highest BCUT2D eigenvalue weighted by atomic mass is 35.5. The lowest BCUT2D eigenvalue weighted by Gasteiger charge is -2.24. The van der Waals surface area contributed by atoms with Gasteiger partial charge in [-0.25, -0.2) is 0 Å². The van der Waals surface area contributed by atoms with Gasteiger partial charge in [0.05, 0.1) is 16.0 Å². The molecule has 0 atom stereocenters. The molecule has 0 aromatic heterocycles. The zero-order valence-corrected chi connectivity index (χ0v) is 9.94. The molecule has 5 nitrogen and oxygen atoms in total. The molecule has 1 aromatic carbocycles. The van der Waals surface area contributed by atoms with Gasteiger partial charge in [0.25, 0.3) is 5.69 Å². The van der Waals surface area contributed by atoms with Crippen LogP contribution in [0.1, 0.15) is 12.8 Å². The number of nitrogens with one attached hydrogen (secondary N) is 1. The molecule has 0 aliphatic carbocycles. The Labute approximate surface area is 104 Å². The maximum Gasteiger partial charge on any atom is 0.273 e. The molecular formula is C11H13ClN2O3. The van der Waals surface area contributed by atoms with Gasteiger partial charge in [-0.15, -0.1) is 0 Å². The van der Waals surface area contributed by atoms with E-state index in [0.29, 0.717) is 10.8 Å². The van der Waals surface area contributed by atoms with E-state index in [-0.39, 0.29) is 11.8 Å². The number of rotatable bonds is 3. The van der Waals surface area contributed by atoms with Gasteiger partial charge in [0, 0.05) is 6.07 Å². The quantitative estimate of drug-likeness (QED) is 0.666. The Kier molecular flexibility index (Phi) is 3.81. The number of hydrogen-bond donors (Lipinski definition) is 1. The highest BCUT2D eigenvalue weighted by Gasteiger charge is 2.17. The number of hydrogen-bond acceptors (Lipinski definition) is 4. The fraction of sp³-hybridized carbons (Fsp3) is 0.455. The summed E-state index contributed by atoms with van der Waals surface area (Å²) in [6.07, 6.45) is 1.86. The summed E-state index contributed by atoms with van der Waals surface area (Å²) in [4.78, 5) is 10.2. The summed E-state index contributed by atoms with van der Waals surface area (Å²) < 4.78 is 5.70. The lowest BCUT2D eigenvalue weighted by atomic mass is 10.1. The standard InChI is InChI=1S/C11H13ClN2O3/c12-10-2-1-8(14(15)16)7-11(10)17-9-3-5-13-6-4-9/h1-2,7,9,13H,3-6H2. The summed E-state index contributed by atoms with van der Waals surface area (Å²) in [6, 6.07) is 4.25. The molecule has 0 saturated carbocycles. The molecule has 0 amide bonds. The predicted molar refractivity (Wildman–Crippen MR) is 64.6 cm³/mol. The van der Waals surface area contributed by atoms with E-state index in [1.54, 1.807) is 0 Å². The zero-order valence-electron chi connectivity index (χ0n) is 9.19. The molecule has 0 bridgehead atoms. The van der Waals surface area contributed by atoms with Crippen molar-refractivity contribution >= 4 is 17.3 Å². The van der Waals surface area contributed by atoms with E-state index < -0.39 is 4.92 Å². The van der Waals surface area contributed by atoms with Gasteiger partial charge in [-0.1, -0.05) is 11.6 Å². The number of nitrogens with zero attached hydrogens (tertiary/aromatic N) is 1. The average molecular weight is 257 g/mol. The number of non-ortho nitro benzene ring substituents is 1. The van der Waals surface area contributed by atoms with Gasteiger partial charge in [0.2, 0.25) is 0 Å². The fourth-order valence-electron chi connectivity index (χ4n) is 1.79. The minimum Gasteiger partial charge on any atom is -0.489 e. The average Bonchev–Trinajstić information content (AvgIpc) is 2.33. The normalized spacial score (nSPS) is 16.8. The highest BCUT2D eigenvalue weighted by molar-refractivity contribution is 6.32. The molecule has 1 saturated heterocycles. The van der Waals surface area contributed by atoms with Crippen LogP contribution in [-0.2, 0) is 0 Å². The maximum atomic E-state index is 10.7. The first-order valence-corrected chi connectivity index (χ1v) is 5.86. The van der Waals surface area contributed by atoms with Crippen LogP contribution < -0.4 is 10.1 Å². The minimum atomic E-state index is -0.453. The van der Waals surface area contributed by atoms with Gasteiger partial charge in [-0.2, -0.15) is 0 Å². The molecule has 1 heterocycles. The van der Waals surface area contributed by atoms with Gasteiger partial charge in [-0.05, 0) is 32.0 Å². The zero-order chi connectivity index (χ0) is 12.3. The molecule has 92 valence electrons. The van der Waals surface area contributed by atoms with E-state index in [4.69, 9.17) is 16.3 Å². The third kappa shape index (κ3) is 3.08. The predicted octanol–water partition coefficient (Wildman–Crippen LogP) is 2.38. The second kappa shape index (κ2) is 5.33. The Balaban J connectivity index is 2.13. The summed E-state index contributed by atoms with van der Waals surface area (Å²) in [6.45, 7) is 1.80. The number of piperidine rings is 1. The lowest BCUT2D eigenvalue weighted by Crippen LogP contribution is -2.34. The van der Waals surface area contributed by atoms with Gasteiger partial charge >= 0.3 is 0 Å². The van der Waals surface area contributed by atoms with Crippen molar-refractivity contribution in [3.8, 4) is 5.75 Å². The van der Waals surface area contributed by atoms with Crippen LogP contribution >= 0.6 is 11.6 Å². The van der Waals surface area contributed by atoms with Crippen LogP contribution in [0.4, 0.5) is 5.69 Å². The first-order chi connectivity index (χ1) is 8.16. The Morgan fingerprint density at radius 2 is 2.12 bits per heavy atom. The van der Waals surface area contributed by atoms with Crippen molar-refractivity contribution in [1.82, 2.24) is 5.32 Å². The Morgan fingerprint density at radius 3 is 2.76 bits per heavy atom. The molecular weight excluding hydrogens is 244 g/mol. The van der Waals surface area contributed by atoms with E-state index in [1.807, 2.05) is 0 Å². The fourth-order valence-corrected chi connectivity index (χ4v) is 1.95. The van der Waals surface area contributed by atoms with Crippen molar-refractivity contribution < 1.29 is 9.66 Å². The highest BCUT2D eigenvalue weighted by Crippen LogP contribution is 2.30. The summed E-state index contributed by atoms with van der Waals surface area (Å²) >= 11 is 5.96. The molecule has 6 heteroatoms. The molecule has 1 N–H and O–H groups in total. The Hall–Kier alpha value is -1.33. The van der Waals surface area contributed by atoms with E-state index >= 15 is 0 Å². The minimum absolute atomic E-state index is 0.00154. The summed E-state index contributed by atoms with van der Waals surface area (Å²) in [5.41, 5.74) is -0.00154. The number of halogens is 1. The first kappa shape index (κ1) is 12.1. The molecule has 1 fully saturated rings. The van der Waals surface area contributed by atoms with Crippen molar-refractivity contribution in [3.63, 3.8) is 0 Å². The number of ether oxygens (including phenoxy) is 1. The maximum absolute atomic E-state index is 10.7. The Morgan fingerprint density at radius 1 is 1.41 bits per heavy atom. The number of nitro groups is 1. The number of benzene rings is 1. The van der Waals surface area contributed by atoms with Crippen LogP contribution in [0.3, 0.4) is 0 Å². The van der Waals surface area contributed by atoms with E-state index in [2.05, 4.69) is 5.32 Å². The van der Waals surface area contributed by atoms with E-state index in [0.717, 1.165) is 25.9 Å². The van der Waals surface area contributed by atoms with E-state index in [9.17, 15) is 10.1 Å².